The quantitative estimate of drug-likeness (QED) is 0.585. The molecule has 0 aromatic rings. The van der Waals surface area contributed by atoms with Crippen LogP contribution in [0.4, 0.5) is 0 Å². The van der Waals surface area contributed by atoms with Crippen LogP contribution >= 0.6 is 12.6 Å². The van der Waals surface area contributed by atoms with Crippen molar-refractivity contribution in [1.29, 1.82) is 0 Å². The van der Waals surface area contributed by atoms with Gasteiger partial charge in [-0.1, -0.05) is 19.3 Å². The second-order valence-electron chi connectivity index (χ2n) is 6.13. The minimum Gasteiger partial charge on any atom is -0.298 e. The molecule has 2 atom stereocenters. The molecular formula is C15H30N2S. The van der Waals surface area contributed by atoms with Gasteiger partial charge in [0, 0.05) is 25.2 Å². The molecule has 0 amide bonds. The minimum atomic E-state index is 0.768. The molecule has 0 bridgehead atoms. The third-order valence-electron chi connectivity index (χ3n) is 4.67. The Balaban J connectivity index is 1.68. The Labute approximate surface area is 119 Å². The highest BCUT2D eigenvalue weighted by atomic mass is 32.1. The molecule has 2 nitrogen and oxygen atoms in total. The standard InChI is InChI=1S/C15H30N2S/c1-14-12-17-10-6-4-8-15(17)13-16(14)9-5-2-3-7-11-18/h14-15,18H,2-13H2,1H3. The number of rotatable bonds is 6. The van der Waals surface area contributed by atoms with Gasteiger partial charge in [-0.05, 0) is 51.4 Å². The molecule has 2 aliphatic rings. The van der Waals surface area contributed by atoms with Gasteiger partial charge in [0.1, 0.15) is 0 Å². The SMILES string of the molecule is CC1CN2CCCCC2CN1CCCCCCS. The van der Waals surface area contributed by atoms with Crippen LogP contribution in [-0.4, -0.2) is 53.8 Å². The van der Waals surface area contributed by atoms with Crippen molar-refractivity contribution in [2.45, 2.75) is 64.0 Å². The summed E-state index contributed by atoms with van der Waals surface area (Å²) in [5.74, 6) is 1.05. The van der Waals surface area contributed by atoms with Crippen LogP contribution in [0.25, 0.3) is 0 Å². The van der Waals surface area contributed by atoms with E-state index in [1.54, 1.807) is 0 Å². The minimum absolute atomic E-state index is 0.768. The summed E-state index contributed by atoms with van der Waals surface area (Å²) >= 11 is 4.27. The maximum absolute atomic E-state index is 4.27. The summed E-state index contributed by atoms with van der Waals surface area (Å²) in [6, 6.07) is 1.64. The number of hydrogen-bond acceptors (Lipinski definition) is 3. The molecule has 0 aliphatic carbocycles. The summed E-state index contributed by atoms with van der Waals surface area (Å²) in [7, 11) is 0. The van der Waals surface area contributed by atoms with Crippen molar-refractivity contribution in [3.8, 4) is 0 Å². The van der Waals surface area contributed by atoms with E-state index in [2.05, 4.69) is 29.4 Å². The second kappa shape index (κ2) is 7.76. The van der Waals surface area contributed by atoms with Crippen molar-refractivity contribution in [2.24, 2.45) is 0 Å². The Morgan fingerprint density at radius 3 is 2.72 bits per heavy atom. The lowest BCUT2D eigenvalue weighted by Crippen LogP contribution is -2.58. The van der Waals surface area contributed by atoms with Gasteiger partial charge in [0.2, 0.25) is 0 Å². The van der Waals surface area contributed by atoms with Gasteiger partial charge in [-0.25, -0.2) is 0 Å². The number of unbranched alkanes of at least 4 members (excludes halogenated alkanes) is 3. The fraction of sp³-hybridized carbons (Fsp3) is 1.00. The Hall–Kier alpha value is 0.270. The molecule has 2 aliphatic heterocycles. The first-order valence-corrected chi connectivity index (χ1v) is 8.53. The molecule has 2 fully saturated rings. The van der Waals surface area contributed by atoms with E-state index in [0.717, 1.165) is 17.8 Å². The van der Waals surface area contributed by atoms with Gasteiger partial charge in [-0.2, -0.15) is 12.6 Å². The lowest BCUT2D eigenvalue weighted by Gasteiger charge is -2.47. The number of hydrogen-bond donors (Lipinski definition) is 1. The fourth-order valence-electron chi connectivity index (χ4n) is 3.50. The molecule has 2 rings (SSSR count). The number of piperazine rings is 1. The van der Waals surface area contributed by atoms with E-state index in [0.29, 0.717) is 0 Å². The smallest absolute Gasteiger partial charge is 0.0223 e. The molecule has 2 saturated heterocycles. The van der Waals surface area contributed by atoms with Crippen LogP contribution in [0.5, 0.6) is 0 Å². The Morgan fingerprint density at radius 1 is 1.06 bits per heavy atom. The molecule has 0 N–H and O–H groups in total. The van der Waals surface area contributed by atoms with Crippen molar-refractivity contribution in [3.63, 3.8) is 0 Å². The normalized spacial score (nSPS) is 30.3. The highest BCUT2D eigenvalue weighted by molar-refractivity contribution is 7.80. The van der Waals surface area contributed by atoms with E-state index in [1.807, 2.05) is 0 Å². The van der Waals surface area contributed by atoms with Crippen LogP contribution in [0.1, 0.15) is 51.9 Å². The molecular weight excluding hydrogens is 240 g/mol. The third kappa shape index (κ3) is 4.14. The zero-order chi connectivity index (χ0) is 12.8. The monoisotopic (exact) mass is 270 g/mol. The maximum atomic E-state index is 4.27. The summed E-state index contributed by atoms with van der Waals surface area (Å²) in [5.41, 5.74) is 0. The van der Waals surface area contributed by atoms with Crippen molar-refractivity contribution in [3.05, 3.63) is 0 Å². The average Bonchev–Trinajstić information content (AvgIpc) is 2.39. The van der Waals surface area contributed by atoms with Gasteiger partial charge >= 0.3 is 0 Å². The maximum Gasteiger partial charge on any atom is 0.0223 e. The second-order valence-corrected chi connectivity index (χ2v) is 6.57. The fourth-order valence-corrected chi connectivity index (χ4v) is 3.73. The topological polar surface area (TPSA) is 6.48 Å². The summed E-state index contributed by atoms with van der Waals surface area (Å²) < 4.78 is 0. The van der Waals surface area contributed by atoms with E-state index >= 15 is 0 Å². The third-order valence-corrected chi connectivity index (χ3v) is 4.99. The van der Waals surface area contributed by atoms with Crippen molar-refractivity contribution >= 4 is 12.6 Å². The molecule has 2 unspecified atom stereocenters. The predicted octanol–water partition coefficient (Wildman–Crippen LogP) is 3.04. The van der Waals surface area contributed by atoms with Crippen LogP contribution in [-0.2, 0) is 0 Å². The van der Waals surface area contributed by atoms with Crippen LogP contribution in [0.2, 0.25) is 0 Å². The largest absolute Gasteiger partial charge is 0.298 e. The zero-order valence-corrected chi connectivity index (χ0v) is 12.9. The lowest BCUT2D eigenvalue weighted by molar-refractivity contribution is 0.0146. The van der Waals surface area contributed by atoms with Crippen molar-refractivity contribution in [1.82, 2.24) is 9.80 Å². The molecule has 0 saturated carbocycles. The molecule has 3 heteroatoms. The van der Waals surface area contributed by atoms with Crippen LogP contribution < -0.4 is 0 Å². The first-order valence-electron chi connectivity index (χ1n) is 7.90. The molecule has 0 aromatic heterocycles. The van der Waals surface area contributed by atoms with E-state index in [-0.39, 0.29) is 0 Å². The molecule has 0 aromatic carbocycles. The Bertz CT molecular complexity index is 235. The molecule has 18 heavy (non-hydrogen) atoms. The van der Waals surface area contributed by atoms with Crippen molar-refractivity contribution in [2.75, 3.05) is 31.9 Å². The summed E-state index contributed by atoms with van der Waals surface area (Å²) in [6.45, 7) is 7.72. The highest BCUT2D eigenvalue weighted by Crippen LogP contribution is 2.24. The molecule has 0 radical (unpaired) electrons. The number of nitrogens with zero attached hydrogens (tertiary/aromatic N) is 2. The van der Waals surface area contributed by atoms with Crippen LogP contribution in [0.3, 0.4) is 0 Å². The van der Waals surface area contributed by atoms with Gasteiger partial charge < -0.3 is 0 Å². The van der Waals surface area contributed by atoms with Gasteiger partial charge in [0.15, 0.2) is 0 Å². The number of piperidine rings is 1. The van der Waals surface area contributed by atoms with Gasteiger partial charge in [0.05, 0.1) is 0 Å². The Kier molecular flexibility index (Phi) is 6.33. The van der Waals surface area contributed by atoms with E-state index < -0.39 is 0 Å². The summed E-state index contributed by atoms with van der Waals surface area (Å²) in [5, 5.41) is 0. The number of thiol groups is 1. The van der Waals surface area contributed by atoms with Gasteiger partial charge in [0.25, 0.3) is 0 Å². The van der Waals surface area contributed by atoms with Crippen molar-refractivity contribution < 1.29 is 0 Å². The zero-order valence-electron chi connectivity index (χ0n) is 12.0. The number of fused-ring (bicyclic) bond motifs is 1. The predicted molar refractivity (Wildman–Crippen MR) is 82.6 cm³/mol. The first kappa shape index (κ1) is 14.7. The first-order chi connectivity index (χ1) is 8.81. The van der Waals surface area contributed by atoms with Gasteiger partial charge in [-0.15, -0.1) is 0 Å². The highest BCUT2D eigenvalue weighted by Gasteiger charge is 2.32. The van der Waals surface area contributed by atoms with Crippen LogP contribution in [0, 0.1) is 0 Å². The van der Waals surface area contributed by atoms with Gasteiger partial charge in [-0.3, -0.25) is 9.80 Å². The molecule has 2 heterocycles. The lowest BCUT2D eigenvalue weighted by atomic mass is 9.97. The van der Waals surface area contributed by atoms with E-state index in [1.165, 1.54) is 71.1 Å². The Morgan fingerprint density at radius 2 is 1.89 bits per heavy atom. The summed E-state index contributed by atoms with van der Waals surface area (Å²) in [6.07, 6.45) is 9.72. The summed E-state index contributed by atoms with van der Waals surface area (Å²) in [4.78, 5) is 5.48. The molecule has 106 valence electrons. The van der Waals surface area contributed by atoms with E-state index in [9.17, 15) is 0 Å². The van der Waals surface area contributed by atoms with Crippen LogP contribution in [0.15, 0.2) is 0 Å². The van der Waals surface area contributed by atoms with E-state index in [4.69, 9.17) is 0 Å². The average molecular weight is 270 g/mol. The molecule has 0 spiro atoms.